The van der Waals surface area contributed by atoms with E-state index < -0.39 is 0 Å². The van der Waals surface area contributed by atoms with Crippen LogP contribution in [0.15, 0.2) is 41.4 Å². The number of hydrogen-bond acceptors (Lipinski definition) is 1. The minimum Gasteiger partial charge on any atom is -0.292 e. The SMILES string of the molecule is C1=NCCC=C1c1ccccc1. The van der Waals surface area contributed by atoms with E-state index in [1.165, 1.54) is 11.1 Å². The highest BCUT2D eigenvalue weighted by atomic mass is 14.7. The molecule has 0 aromatic heterocycles. The number of allylic oxidation sites excluding steroid dienone is 1. The van der Waals surface area contributed by atoms with Gasteiger partial charge in [-0.3, -0.25) is 4.99 Å². The van der Waals surface area contributed by atoms with E-state index in [0.717, 1.165) is 13.0 Å². The lowest BCUT2D eigenvalue weighted by Crippen LogP contribution is -1.93. The van der Waals surface area contributed by atoms with Crippen molar-refractivity contribution in [3.05, 3.63) is 42.0 Å². The molecule has 1 aliphatic rings. The zero-order valence-electron chi connectivity index (χ0n) is 6.90. The molecule has 1 nitrogen and oxygen atoms in total. The number of benzene rings is 1. The second-order valence-corrected chi connectivity index (χ2v) is 2.85. The highest BCUT2D eigenvalue weighted by Crippen LogP contribution is 2.14. The summed E-state index contributed by atoms with van der Waals surface area (Å²) in [5.74, 6) is 0. The quantitative estimate of drug-likeness (QED) is 0.594. The Morgan fingerprint density at radius 3 is 2.58 bits per heavy atom. The molecule has 1 heteroatoms. The first kappa shape index (κ1) is 7.29. The Kier molecular flexibility index (Phi) is 2.04. The second-order valence-electron chi connectivity index (χ2n) is 2.85. The average Bonchev–Trinajstić information content (AvgIpc) is 2.21. The standard InChI is InChI=1S/C11H11N/c1-2-5-10(6-3-1)11-7-4-8-12-9-11/h1-3,5-7,9H,4,8H2. The summed E-state index contributed by atoms with van der Waals surface area (Å²) in [5, 5.41) is 0. The van der Waals surface area contributed by atoms with E-state index in [4.69, 9.17) is 0 Å². The lowest BCUT2D eigenvalue weighted by molar-refractivity contribution is 1.01. The highest BCUT2D eigenvalue weighted by Gasteiger charge is 1.99. The molecule has 1 aromatic carbocycles. The van der Waals surface area contributed by atoms with E-state index in [0.29, 0.717) is 0 Å². The summed E-state index contributed by atoms with van der Waals surface area (Å²) in [4.78, 5) is 4.24. The van der Waals surface area contributed by atoms with Gasteiger partial charge in [0, 0.05) is 12.8 Å². The van der Waals surface area contributed by atoms with Gasteiger partial charge in [0.25, 0.3) is 0 Å². The van der Waals surface area contributed by atoms with Crippen molar-refractivity contribution < 1.29 is 0 Å². The van der Waals surface area contributed by atoms with Crippen molar-refractivity contribution in [2.24, 2.45) is 4.99 Å². The van der Waals surface area contributed by atoms with Crippen LogP contribution in [0.4, 0.5) is 0 Å². The third-order valence-electron chi connectivity index (χ3n) is 1.96. The monoisotopic (exact) mass is 157 g/mol. The fourth-order valence-corrected chi connectivity index (χ4v) is 1.33. The van der Waals surface area contributed by atoms with Gasteiger partial charge in [0.1, 0.15) is 0 Å². The number of nitrogens with zero attached hydrogens (tertiary/aromatic N) is 1. The average molecular weight is 157 g/mol. The summed E-state index contributed by atoms with van der Waals surface area (Å²) in [7, 11) is 0. The maximum atomic E-state index is 4.24. The molecule has 0 fully saturated rings. The molecule has 0 atom stereocenters. The smallest absolute Gasteiger partial charge is 0.0424 e. The van der Waals surface area contributed by atoms with Gasteiger partial charge in [-0.05, 0) is 17.6 Å². The Morgan fingerprint density at radius 1 is 1.08 bits per heavy atom. The van der Waals surface area contributed by atoms with Crippen LogP contribution in [0.5, 0.6) is 0 Å². The zero-order valence-corrected chi connectivity index (χ0v) is 6.90. The molecule has 1 heterocycles. The van der Waals surface area contributed by atoms with E-state index in [9.17, 15) is 0 Å². The van der Waals surface area contributed by atoms with Gasteiger partial charge in [0.05, 0.1) is 0 Å². The maximum absolute atomic E-state index is 4.24. The predicted octanol–water partition coefficient (Wildman–Crippen LogP) is 2.54. The molecule has 0 saturated carbocycles. The van der Waals surface area contributed by atoms with Gasteiger partial charge < -0.3 is 0 Å². The Labute approximate surface area is 72.5 Å². The molecule has 0 unspecified atom stereocenters. The maximum Gasteiger partial charge on any atom is 0.0424 e. The molecule has 0 amide bonds. The molecule has 0 radical (unpaired) electrons. The predicted molar refractivity (Wildman–Crippen MR) is 52.4 cm³/mol. The van der Waals surface area contributed by atoms with Gasteiger partial charge in [0.15, 0.2) is 0 Å². The van der Waals surface area contributed by atoms with Crippen molar-refractivity contribution in [1.82, 2.24) is 0 Å². The van der Waals surface area contributed by atoms with Crippen LogP contribution in [-0.4, -0.2) is 12.8 Å². The van der Waals surface area contributed by atoms with Gasteiger partial charge in [-0.15, -0.1) is 0 Å². The minimum atomic E-state index is 0.941. The molecule has 1 aromatic rings. The molecule has 0 saturated heterocycles. The summed E-state index contributed by atoms with van der Waals surface area (Å²) in [6.07, 6.45) is 5.27. The van der Waals surface area contributed by atoms with Crippen molar-refractivity contribution in [1.29, 1.82) is 0 Å². The number of aliphatic imine (C=N–C) groups is 1. The minimum absolute atomic E-state index is 0.941. The number of rotatable bonds is 1. The van der Waals surface area contributed by atoms with Gasteiger partial charge in [0.2, 0.25) is 0 Å². The van der Waals surface area contributed by atoms with Gasteiger partial charge >= 0.3 is 0 Å². The fourth-order valence-electron chi connectivity index (χ4n) is 1.33. The molecule has 12 heavy (non-hydrogen) atoms. The van der Waals surface area contributed by atoms with Crippen LogP contribution in [0.25, 0.3) is 5.57 Å². The van der Waals surface area contributed by atoms with Crippen LogP contribution in [0.2, 0.25) is 0 Å². The normalized spacial score (nSPS) is 15.8. The lowest BCUT2D eigenvalue weighted by Gasteiger charge is -2.05. The topological polar surface area (TPSA) is 12.4 Å². The molecule has 0 spiro atoms. The Morgan fingerprint density at radius 2 is 1.92 bits per heavy atom. The van der Waals surface area contributed by atoms with Crippen LogP contribution in [0.3, 0.4) is 0 Å². The van der Waals surface area contributed by atoms with Crippen LogP contribution >= 0.6 is 0 Å². The van der Waals surface area contributed by atoms with Crippen molar-refractivity contribution in [3.8, 4) is 0 Å². The third kappa shape index (κ3) is 1.45. The Balaban J connectivity index is 2.31. The van der Waals surface area contributed by atoms with Gasteiger partial charge in [-0.2, -0.15) is 0 Å². The molecule has 1 aliphatic heterocycles. The van der Waals surface area contributed by atoms with Crippen molar-refractivity contribution in [2.75, 3.05) is 6.54 Å². The second kappa shape index (κ2) is 3.35. The van der Waals surface area contributed by atoms with Crippen LogP contribution < -0.4 is 0 Å². The molecule has 0 aliphatic carbocycles. The Bertz CT molecular complexity index is 309. The van der Waals surface area contributed by atoms with Crippen molar-refractivity contribution in [3.63, 3.8) is 0 Å². The number of dihydropyridines is 1. The largest absolute Gasteiger partial charge is 0.292 e. The van der Waals surface area contributed by atoms with E-state index in [2.05, 4.69) is 35.3 Å². The van der Waals surface area contributed by atoms with Gasteiger partial charge in [-0.25, -0.2) is 0 Å². The summed E-state index contributed by atoms with van der Waals surface area (Å²) in [6.45, 7) is 0.941. The first-order chi connectivity index (χ1) is 5.97. The van der Waals surface area contributed by atoms with E-state index in [-0.39, 0.29) is 0 Å². The molecular weight excluding hydrogens is 146 g/mol. The molecular formula is C11H11N. The van der Waals surface area contributed by atoms with Crippen LogP contribution in [0.1, 0.15) is 12.0 Å². The Hall–Kier alpha value is -1.37. The summed E-state index contributed by atoms with van der Waals surface area (Å²) in [6, 6.07) is 10.4. The first-order valence-electron chi connectivity index (χ1n) is 4.22. The third-order valence-corrected chi connectivity index (χ3v) is 1.96. The fraction of sp³-hybridized carbons (Fsp3) is 0.182. The summed E-state index contributed by atoms with van der Waals surface area (Å²) in [5.41, 5.74) is 2.52. The zero-order chi connectivity index (χ0) is 8.23. The summed E-state index contributed by atoms with van der Waals surface area (Å²) < 4.78 is 0. The molecule has 60 valence electrons. The van der Waals surface area contributed by atoms with Crippen LogP contribution in [-0.2, 0) is 0 Å². The van der Waals surface area contributed by atoms with E-state index >= 15 is 0 Å². The number of hydrogen-bond donors (Lipinski definition) is 0. The van der Waals surface area contributed by atoms with Crippen molar-refractivity contribution >= 4 is 11.8 Å². The summed E-state index contributed by atoms with van der Waals surface area (Å²) >= 11 is 0. The van der Waals surface area contributed by atoms with Crippen molar-refractivity contribution in [2.45, 2.75) is 6.42 Å². The van der Waals surface area contributed by atoms with E-state index in [1.807, 2.05) is 12.3 Å². The molecule has 2 rings (SSSR count). The molecule has 0 N–H and O–H groups in total. The molecule has 0 bridgehead atoms. The lowest BCUT2D eigenvalue weighted by atomic mass is 10.0. The highest BCUT2D eigenvalue weighted by molar-refractivity contribution is 6.10. The van der Waals surface area contributed by atoms with Crippen LogP contribution in [0, 0.1) is 0 Å². The van der Waals surface area contributed by atoms with E-state index in [1.54, 1.807) is 0 Å². The first-order valence-corrected chi connectivity index (χ1v) is 4.22. The van der Waals surface area contributed by atoms with Gasteiger partial charge in [-0.1, -0.05) is 36.4 Å².